The van der Waals surface area contributed by atoms with Gasteiger partial charge in [0.15, 0.2) is 17.0 Å². The smallest absolute Gasteiger partial charge is 0.165 e. The highest BCUT2D eigenvalue weighted by molar-refractivity contribution is 6.18. The Morgan fingerprint density at radius 1 is 0.370 bits per heavy atom. The summed E-state index contributed by atoms with van der Waals surface area (Å²) in [6, 6.07) is 47.4. The zero-order chi connectivity index (χ0) is 30.2. The third-order valence-corrected chi connectivity index (χ3v) is 8.89. The van der Waals surface area contributed by atoms with Crippen LogP contribution in [-0.2, 0) is 0 Å². The number of hydrogen-bond acceptors (Lipinski definition) is 5. The molecular formula is C41H23N3O2. The summed E-state index contributed by atoms with van der Waals surface area (Å²) < 4.78 is 13.0. The van der Waals surface area contributed by atoms with Crippen LogP contribution in [0.4, 0.5) is 0 Å². The van der Waals surface area contributed by atoms with E-state index in [1.54, 1.807) is 0 Å². The third-order valence-electron chi connectivity index (χ3n) is 8.89. The van der Waals surface area contributed by atoms with Gasteiger partial charge in [-0.05, 0) is 41.3 Å². The summed E-state index contributed by atoms with van der Waals surface area (Å²) in [4.78, 5) is 15.3. The lowest BCUT2D eigenvalue weighted by atomic mass is 9.98. The Kier molecular flexibility index (Phi) is 5.22. The average Bonchev–Trinajstić information content (AvgIpc) is 3.68. The van der Waals surface area contributed by atoms with Crippen LogP contribution in [0.25, 0.3) is 99.6 Å². The summed E-state index contributed by atoms with van der Waals surface area (Å²) >= 11 is 0. The van der Waals surface area contributed by atoms with Gasteiger partial charge in [0, 0.05) is 32.7 Å². The number of benzene rings is 6. The number of aromatic nitrogens is 3. The second-order valence-electron chi connectivity index (χ2n) is 11.6. The van der Waals surface area contributed by atoms with Gasteiger partial charge in [0.2, 0.25) is 0 Å². The number of rotatable bonds is 3. The van der Waals surface area contributed by atoms with Crippen LogP contribution in [0.3, 0.4) is 0 Å². The van der Waals surface area contributed by atoms with Crippen LogP contribution >= 0.6 is 0 Å². The topological polar surface area (TPSA) is 65.0 Å². The van der Waals surface area contributed by atoms with Crippen LogP contribution in [0.5, 0.6) is 0 Å². The molecule has 0 amide bonds. The number of hydrogen-bond donors (Lipinski definition) is 0. The van der Waals surface area contributed by atoms with Crippen molar-refractivity contribution in [3.63, 3.8) is 0 Å². The summed E-state index contributed by atoms with van der Waals surface area (Å²) in [6.07, 6.45) is 0. The summed E-state index contributed by atoms with van der Waals surface area (Å²) in [6.45, 7) is 0. The molecule has 10 aromatic rings. The van der Waals surface area contributed by atoms with Gasteiger partial charge in [-0.15, -0.1) is 0 Å². The van der Waals surface area contributed by atoms with Crippen molar-refractivity contribution in [2.75, 3.05) is 0 Å². The maximum Gasteiger partial charge on any atom is 0.165 e. The molecular weight excluding hydrogens is 566 g/mol. The van der Waals surface area contributed by atoms with Crippen LogP contribution in [-0.4, -0.2) is 15.0 Å². The van der Waals surface area contributed by atoms with Crippen LogP contribution in [0.2, 0.25) is 0 Å². The van der Waals surface area contributed by atoms with Gasteiger partial charge in [-0.2, -0.15) is 0 Å². The maximum absolute atomic E-state index is 6.48. The Morgan fingerprint density at radius 2 is 0.957 bits per heavy atom. The van der Waals surface area contributed by atoms with Gasteiger partial charge < -0.3 is 8.83 Å². The van der Waals surface area contributed by atoms with Crippen LogP contribution < -0.4 is 0 Å². The van der Waals surface area contributed by atoms with Gasteiger partial charge in [-0.1, -0.05) is 109 Å². The van der Waals surface area contributed by atoms with Crippen molar-refractivity contribution in [2.45, 2.75) is 0 Å². The quantitative estimate of drug-likeness (QED) is 0.192. The molecule has 0 aliphatic heterocycles. The molecule has 6 aromatic carbocycles. The van der Waals surface area contributed by atoms with Gasteiger partial charge in [0.25, 0.3) is 0 Å². The largest absolute Gasteiger partial charge is 0.454 e. The monoisotopic (exact) mass is 589 g/mol. The van der Waals surface area contributed by atoms with E-state index in [2.05, 4.69) is 84.9 Å². The molecule has 0 radical (unpaired) electrons. The van der Waals surface area contributed by atoms with Crippen molar-refractivity contribution in [1.29, 1.82) is 0 Å². The first-order chi connectivity index (χ1) is 22.8. The molecule has 46 heavy (non-hydrogen) atoms. The molecule has 5 heteroatoms. The highest BCUT2D eigenvalue weighted by atomic mass is 16.3. The van der Waals surface area contributed by atoms with E-state index in [1.165, 1.54) is 0 Å². The minimum Gasteiger partial charge on any atom is -0.454 e. The first-order valence-electron chi connectivity index (χ1n) is 15.3. The predicted molar refractivity (Wildman–Crippen MR) is 186 cm³/mol. The molecule has 0 saturated carbocycles. The number of nitrogens with zero attached hydrogens (tertiary/aromatic N) is 3. The molecule has 4 heterocycles. The van der Waals surface area contributed by atoms with Crippen molar-refractivity contribution in [3.8, 4) is 33.8 Å². The molecule has 0 saturated heterocycles. The number of fused-ring (bicyclic) bond motifs is 9. The molecule has 10 rings (SSSR count). The second-order valence-corrected chi connectivity index (χ2v) is 11.6. The molecule has 0 aliphatic rings. The van der Waals surface area contributed by atoms with Gasteiger partial charge in [-0.3, -0.25) is 0 Å². The first-order valence-corrected chi connectivity index (χ1v) is 15.3. The minimum atomic E-state index is 0.700. The van der Waals surface area contributed by atoms with Gasteiger partial charge in [-0.25, -0.2) is 15.0 Å². The fourth-order valence-electron chi connectivity index (χ4n) is 6.70. The molecule has 4 aromatic heterocycles. The first kappa shape index (κ1) is 25.0. The summed E-state index contributed by atoms with van der Waals surface area (Å²) in [7, 11) is 0. The van der Waals surface area contributed by atoms with Crippen LogP contribution in [0.1, 0.15) is 0 Å². The predicted octanol–water partition coefficient (Wildman–Crippen LogP) is 11.0. The van der Waals surface area contributed by atoms with Gasteiger partial charge in [0.1, 0.15) is 22.2 Å². The fraction of sp³-hybridized carbons (Fsp3) is 0. The molecule has 0 atom stereocenters. The van der Waals surface area contributed by atoms with Crippen LogP contribution in [0, 0.1) is 0 Å². The highest BCUT2D eigenvalue weighted by Crippen LogP contribution is 2.43. The van der Waals surface area contributed by atoms with E-state index in [0.717, 1.165) is 82.6 Å². The van der Waals surface area contributed by atoms with Crippen molar-refractivity contribution in [1.82, 2.24) is 15.0 Å². The number of furan rings is 2. The van der Waals surface area contributed by atoms with Crippen molar-refractivity contribution in [2.24, 2.45) is 0 Å². The normalized spacial score (nSPS) is 11.9. The Balaban J connectivity index is 1.22. The van der Waals surface area contributed by atoms with E-state index in [4.69, 9.17) is 23.8 Å². The summed E-state index contributed by atoms with van der Waals surface area (Å²) in [5, 5.41) is 5.23. The summed E-state index contributed by atoms with van der Waals surface area (Å²) in [5.41, 5.74) is 10.4. The molecule has 0 spiro atoms. The van der Waals surface area contributed by atoms with E-state index < -0.39 is 0 Å². The lowest BCUT2D eigenvalue weighted by Gasteiger charge is -2.12. The second kappa shape index (κ2) is 9.58. The van der Waals surface area contributed by atoms with Crippen LogP contribution in [0.15, 0.2) is 148 Å². The van der Waals surface area contributed by atoms with E-state index in [0.29, 0.717) is 17.0 Å². The molecule has 0 aliphatic carbocycles. The molecule has 0 unspecified atom stereocenters. The lowest BCUT2D eigenvalue weighted by Crippen LogP contribution is -1.96. The zero-order valence-corrected chi connectivity index (χ0v) is 24.4. The number of para-hydroxylation sites is 2. The van der Waals surface area contributed by atoms with Gasteiger partial charge in [0.05, 0.1) is 16.8 Å². The molecule has 0 fully saturated rings. The Labute approximate surface area is 262 Å². The van der Waals surface area contributed by atoms with E-state index in [9.17, 15) is 0 Å². The SMILES string of the molecule is c1ccc(-c2nc(-c3ccc(-c4c5oc6ccccc6c5nc5c4oc4ccccc45)cc3)c3ccc4ccccc4c3n2)cc1. The van der Waals surface area contributed by atoms with E-state index in [1.807, 2.05) is 54.6 Å². The Bertz CT molecular complexity index is 2710. The van der Waals surface area contributed by atoms with E-state index >= 15 is 0 Å². The highest BCUT2D eigenvalue weighted by Gasteiger charge is 2.22. The van der Waals surface area contributed by atoms with Crippen molar-refractivity contribution >= 4 is 65.8 Å². The Hall–Kier alpha value is -6.33. The van der Waals surface area contributed by atoms with Crippen molar-refractivity contribution in [3.05, 3.63) is 140 Å². The fourth-order valence-corrected chi connectivity index (χ4v) is 6.70. The molecule has 0 bridgehead atoms. The standard InChI is InChI=1S/C41H23N3O2/c1-2-11-27(12-3-1)41-43-35(31-23-22-24-10-4-5-13-28(24)36(31)44-41)26-20-18-25(19-21-26)34-39-37(29-14-6-8-16-32(29)45-39)42-38-30-15-7-9-17-33(30)46-40(34)38/h1-23H. The Morgan fingerprint density at radius 3 is 1.65 bits per heavy atom. The van der Waals surface area contributed by atoms with E-state index in [-0.39, 0.29) is 0 Å². The molecule has 0 N–H and O–H groups in total. The maximum atomic E-state index is 6.48. The zero-order valence-electron chi connectivity index (χ0n) is 24.4. The summed E-state index contributed by atoms with van der Waals surface area (Å²) in [5.74, 6) is 0.700. The average molecular weight is 590 g/mol. The minimum absolute atomic E-state index is 0.700. The lowest BCUT2D eigenvalue weighted by molar-refractivity contribution is 0.657. The molecule has 214 valence electrons. The van der Waals surface area contributed by atoms with Gasteiger partial charge >= 0.3 is 0 Å². The number of pyridine rings is 1. The molecule has 5 nitrogen and oxygen atoms in total. The third kappa shape index (κ3) is 3.66. The van der Waals surface area contributed by atoms with Crippen molar-refractivity contribution < 1.29 is 8.83 Å².